The molecule has 2 rings (SSSR count). The summed E-state index contributed by atoms with van der Waals surface area (Å²) in [5.74, 6) is -0.0536. The van der Waals surface area contributed by atoms with Gasteiger partial charge in [-0.15, -0.1) is 0 Å². The van der Waals surface area contributed by atoms with Crippen LogP contribution in [0.2, 0.25) is 0 Å². The number of benzene rings is 2. The first kappa shape index (κ1) is 14.6. The van der Waals surface area contributed by atoms with Crippen LogP contribution < -0.4 is 10.1 Å². The third kappa shape index (κ3) is 4.99. The summed E-state index contributed by atoms with van der Waals surface area (Å²) in [5.41, 5.74) is 1.40. The molecule has 5 heteroatoms. The second kappa shape index (κ2) is 7.09. The van der Waals surface area contributed by atoms with E-state index in [1.165, 1.54) is 6.92 Å². The van der Waals surface area contributed by atoms with Gasteiger partial charge in [-0.05, 0) is 17.7 Å². The van der Waals surface area contributed by atoms with Gasteiger partial charge < -0.3 is 9.47 Å². The van der Waals surface area contributed by atoms with Gasteiger partial charge in [0.05, 0.1) is 0 Å². The second-order valence-corrected chi connectivity index (χ2v) is 4.31. The molecule has 0 aromatic heterocycles. The van der Waals surface area contributed by atoms with Gasteiger partial charge in [-0.25, -0.2) is 4.79 Å². The van der Waals surface area contributed by atoms with Crippen molar-refractivity contribution in [2.75, 3.05) is 5.32 Å². The SMILES string of the molecule is CC(=O)Oc1cccc(NC(=O)OCc2ccccc2)c1. The largest absolute Gasteiger partial charge is 0.444 e. The van der Waals surface area contributed by atoms with Crippen molar-refractivity contribution in [1.82, 2.24) is 0 Å². The summed E-state index contributed by atoms with van der Waals surface area (Å²) >= 11 is 0. The van der Waals surface area contributed by atoms with E-state index in [4.69, 9.17) is 9.47 Å². The first-order valence-electron chi connectivity index (χ1n) is 6.39. The number of amides is 1. The van der Waals surface area contributed by atoms with Crippen molar-refractivity contribution in [1.29, 1.82) is 0 Å². The van der Waals surface area contributed by atoms with Crippen molar-refractivity contribution in [3.63, 3.8) is 0 Å². The number of carbonyl (C=O) groups is 2. The molecule has 0 aliphatic rings. The van der Waals surface area contributed by atoms with Crippen LogP contribution in [0.5, 0.6) is 5.75 Å². The molecule has 0 aliphatic heterocycles. The van der Waals surface area contributed by atoms with Gasteiger partial charge in [-0.3, -0.25) is 10.1 Å². The number of ether oxygens (including phenoxy) is 2. The summed E-state index contributed by atoms with van der Waals surface area (Å²) in [5, 5.41) is 2.57. The molecule has 1 N–H and O–H groups in total. The Bertz CT molecular complexity index is 625. The van der Waals surface area contributed by atoms with Gasteiger partial charge in [-0.1, -0.05) is 36.4 Å². The van der Waals surface area contributed by atoms with Crippen molar-refractivity contribution in [2.24, 2.45) is 0 Å². The summed E-state index contributed by atoms with van der Waals surface area (Å²) in [7, 11) is 0. The standard InChI is InChI=1S/C16H15NO4/c1-12(18)21-15-9-5-8-14(10-15)17-16(19)20-11-13-6-3-2-4-7-13/h2-10H,11H2,1H3,(H,17,19). The molecule has 2 aromatic carbocycles. The van der Waals surface area contributed by atoms with Crippen molar-refractivity contribution in [3.8, 4) is 5.75 Å². The molecular formula is C16H15NO4. The van der Waals surface area contributed by atoms with Crippen molar-refractivity contribution >= 4 is 17.7 Å². The number of esters is 1. The predicted octanol–water partition coefficient (Wildman–Crippen LogP) is 3.36. The van der Waals surface area contributed by atoms with E-state index in [9.17, 15) is 9.59 Å². The monoisotopic (exact) mass is 285 g/mol. The molecule has 0 saturated carbocycles. The highest BCUT2D eigenvalue weighted by Gasteiger charge is 2.05. The van der Waals surface area contributed by atoms with E-state index in [1.807, 2.05) is 30.3 Å². The highest BCUT2D eigenvalue weighted by molar-refractivity contribution is 5.85. The lowest BCUT2D eigenvalue weighted by atomic mass is 10.2. The van der Waals surface area contributed by atoms with Gasteiger partial charge in [-0.2, -0.15) is 0 Å². The average molecular weight is 285 g/mol. The van der Waals surface area contributed by atoms with E-state index in [0.29, 0.717) is 11.4 Å². The molecule has 21 heavy (non-hydrogen) atoms. The van der Waals surface area contributed by atoms with E-state index in [0.717, 1.165) is 5.56 Å². The Hall–Kier alpha value is -2.82. The molecule has 0 unspecified atom stereocenters. The van der Waals surface area contributed by atoms with Crippen LogP contribution >= 0.6 is 0 Å². The Morgan fingerprint density at radius 1 is 1.05 bits per heavy atom. The molecule has 0 bridgehead atoms. The van der Waals surface area contributed by atoms with Gasteiger partial charge in [0.15, 0.2) is 0 Å². The fourth-order valence-electron chi connectivity index (χ4n) is 1.68. The normalized spacial score (nSPS) is 9.76. The quantitative estimate of drug-likeness (QED) is 0.691. The van der Waals surface area contributed by atoms with E-state index in [1.54, 1.807) is 24.3 Å². The highest BCUT2D eigenvalue weighted by atomic mass is 16.5. The Balaban J connectivity index is 1.89. The fraction of sp³-hybridized carbons (Fsp3) is 0.125. The average Bonchev–Trinajstić information content (AvgIpc) is 2.46. The maximum absolute atomic E-state index is 11.7. The zero-order valence-corrected chi connectivity index (χ0v) is 11.5. The molecule has 0 aliphatic carbocycles. The second-order valence-electron chi connectivity index (χ2n) is 4.31. The van der Waals surface area contributed by atoms with Gasteiger partial charge in [0.25, 0.3) is 0 Å². The maximum atomic E-state index is 11.7. The topological polar surface area (TPSA) is 64.6 Å². The lowest BCUT2D eigenvalue weighted by molar-refractivity contribution is -0.131. The third-order valence-corrected chi connectivity index (χ3v) is 2.55. The Kier molecular flexibility index (Phi) is 4.93. The van der Waals surface area contributed by atoms with Gasteiger partial charge in [0.1, 0.15) is 12.4 Å². The minimum absolute atomic E-state index is 0.191. The molecule has 0 fully saturated rings. The first-order chi connectivity index (χ1) is 10.1. The van der Waals surface area contributed by atoms with E-state index < -0.39 is 12.1 Å². The first-order valence-corrected chi connectivity index (χ1v) is 6.39. The molecule has 0 atom stereocenters. The van der Waals surface area contributed by atoms with Crippen LogP contribution in [0.25, 0.3) is 0 Å². The smallest absolute Gasteiger partial charge is 0.411 e. The fourth-order valence-corrected chi connectivity index (χ4v) is 1.68. The lowest BCUT2D eigenvalue weighted by Gasteiger charge is -2.08. The molecule has 1 amide bonds. The third-order valence-electron chi connectivity index (χ3n) is 2.55. The number of rotatable bonds is 4. The van der Waals surface area contributed by atoms with Crippen molar-refractivity contribution < 1.29 is 19.1 Å². The van der Waals surface area contributed by atoms with Crippen LogP contribution in [-0.4, -0.2) is 12.1 Å². The summed E-state index contributed by atoms with van der Waals surface area (Å²) in [6.45, 7) is 1.50. The predicted molar refractivity (Wildman–Crippen MR) is 78.0 cm³/mol. The van der Waals surface area contributed by atoms with Gasteiger partial charge in [0.2, 0.25) is 0 Å². The lowest BCUT2D eigenvalue weighted by Crippen LogP contribution is -2.13. The van der Waals surface area contributed by atoms with Gasteiger partial charge in [0, 0.05) is 18.7 Å². The number of anilines is 1. The molecule has 0 spiro atoms. The molecule has 5 nitrogen and oxygen atoms in total. The molecular weight excluding hydrogens is 270 g/mol. The van der Waals surface area contributed by atoms with Crippen molar-refractivity contribution in [3.05, 3.63) is 60.2 Å². The highest BCUT2D eigenvalue weighted by Crippen LogP contribution is 2.17. The van der Waals surface area contributed by atoms with Crippen LogP contribution in [0, 0.1) is 0 Å². The molecule has 0 radical (unpaired) electrons. The summed E-state index contributed by atoms with van der Waals surface area (Å²) in [4.78, 5) is 22.5. The molecule has 0 saturated heterocycles. The number of carbonyl (C=O) groups excluding carboxylic acids is 2. The van der Waals surface area contributed by atoms with E-state index >= 15 is 0 Å². The number of nitrogens with one attached hydrogen (secondary N) is 1. The van der Waals surface area contributed by atoms with Crippen LogP contribution in [0.3, 0.4) is 0 Å². The summed E-state index contributed by atoms with van der Waals surface area (Å²) in [6.07, 6.45) is -0.571. The minimum Gasteiger partial charge on any atom is -0.444 e. The van der Waals surface area contributed by atoms with E-state index in [-0.39, 0.29) is 6.61 Å². The maximum Gasteiger partial charge on any atom is 0.411 e. The Labute approximate surface area is 122 Å². The summed E-state index contributed by atoms with van der Waals surface area (Å²) in [6, 6.07) is 15.9. The molecule has 0 heterocycles. The van der Waals surface area contributed by atoms with Crippen molar-refractivity contribution in [2.45, 2.75) is 13.5 Å². The number of hydrogen-bond donors (Lipinski definition) is 1. The van der Waals surface area contributed by atoms with Gasteiger partial charge >= 0.3 is 12.1 Å². The summed E-state index contributed by atoms with van der Waals surface area (Å²) < 4.78 is 10.0. The molecule has 2 aromatic rings. The van der Waals surface area contributed by atoms with Crippen LogP contribution in [-0.2, 0) is 16.1 Å². The Morgan fingerprint density at radius 3 is 2.52 bits per heavy atom. The minimum atomic E-state index is -0.571. The number of hydrogen-bond acceptors (Lipinski definition) is 4. The van der Waals surface area contributed by atoms with Crippen LogP contribution in [0.15, 0.2) is 54.6 Å². The zero-order valence-electron chi connectivity index (χ0n) is 11.5. The van der Waals surface area contributed by atoms with E-state index in [2.05, 4.69) is 5.32 Å². The van der Waals surface area contributed by atoms with Crippen LogP contribution in [0.1, 0.15) is 12.5 Å². The van der Waals surface area contributed by atoms with Crippen LogP contribution in [0.4, 0.5) is 10.5 Å². The Morgan fingerprint density at radius 2 is 1.81 bits per heavy atom. The molecule has 108 valence electrons. The zero-order chi connectivity index (χ0) is 15.1.